The van der Waals surface area contributed by atoms with E-state index in [1.165, 1.54) is 52.6 Å². The minimum absolute atomic E-state index is 0.922. The van der Waals surface area contributed by atoms with Gasteiger partial charge in [-0.25, -0.2) is 0 Å². The Kier molecular flexibility index (Phi) is 10.5. The lowest BCUT2D eigenvalue weighted by atomic mass is 10.1. The Morgan fingerprint density at radius 1 is 0.824 bits per heavy atom. The third kappa shape index (κ3) is 7.62. The quantitative estimate of drug-likeness (QED) is 0.330. The van der Waals surface area contributed by atoms with Gasteiger partial charge in [-0.05, 0) is 91.2 Å². The van der Waals surface area contributed by atoms with Gasteiger partial charge in [0.05, 0.1) is 11.4 Å². The standard InChI is InChI=1S/C28H45N5S/c1-7-15-32(16-8-2)23-11-13-25-27(21-23)34-28-22-24(12-14-26(28)29-25)33(19-9-17-30(3)4)20-10-18-31(5)6/h11-13,21-22H,7-10,14-20H2,1-6H3. The van der Waals surface area contributed by atoms with Crippen molar-refractivity contribution in [1.82, 2.24) is 14.7 Å². The van der Waals surface area contributed by atoms with Gasteiger partial charge in [-0.1, -0.05) is 31.7 Å². The van der Waals surface area contributed by atoms with E-state index >= 15 is 0 Å². The number of rotatable bonds is 14. The lowest BCUT2D eigenvalue weighted by Crippen LogP contribution is -2.30. The molecule has 1 heterocycles. The number of thioether (sulfide) groups is 1. The Morgan fingerprint density at radius 2 is 1.47 bits per heavy atom. The lowest BCUT2D eigenvalue weighted by Gasteiger charge is -2.31. The van der Waals surface area contributed by atoms with Crippen molar-refractivity contribution in [2.24, 2.45) is 4.99 Å². The second kappa shape index (κ2) is 13.4. The van der Waals surface area contributed by atoms with Crippen LogP contribution in [-0.4, -0.2) is 87.9 Å². The molecule has 0 radical (unpaired) electrons. The van der Waals surface area contributed by atoms with Gasteiger partial charge >= 0.3 is 0 Å². The summed E-state index contributed by atoms with van der Waals surface area (Å²) in [6, 6.07) is 6.83. The van der Waals surface area contributed by atoms with Crippen molar-refractivity contribution in [1.29, 1.82) is 0 Å². The molecule has 0 aromatic heterocycles. The van der Waals surface area contributed by atoms with E-state index in [2.05, 4.69) is 92.0 Å². The first kappa shape index (κ1) is 26.8. The molecule has 0 unspecified atom stereocenters. The minimum atomic E-state index is 0.922. The average molecular weight is 484 g/mol. The van der Waals surface area contributed by atoms with E-state index in [0.717, 1.165) is 51.4 Å². The van der Waals surface area contributed by atoms with Crippen LogP contribution >= 0.6 is 11.8 Å². The molecule has 6 heteroatoms. The molecule has 0 N–H and O–H groups in total. The molecule has 1 aromatic carbocycles. The fourth-order valence-corrected chi connectivity index (χ4v) is 5.62. The van der Waals surface area contributed by atoms with Crippen molar-refractivity contribution in [3.63, 3.8) is 0 Å². The van der Waals surface area contributed by atoms with E-state index in [1.54, 1.807) is 0 Å². The smallest absolute Gasteiger partial charge is 0.0774 e. The summed E-state index contributed by atoms with van der Waals surface area (Å²) in [5.74, 6) is 0. The van der Waals surface area contributed by atoms with E-state index < -0.39 is 0 Å². The van der Waals surface area contributed by atoms with E-state index in [0.29, 0.717) is 0 Å². The highest BCUT2D eigenvalue weighted by Gasteiger charge is 2.23. The van der Waals surface area contributed by atoms with E-state index in [-0.39, 0.29) is 0 Å². The third-order valence-corrected chi connectivity index (χ3v) is 7.39. The molecular weight excluding hydrogens is 438 g/mol. The normalized spacial score (nSPS) is 15.0. The second-order valence-corrected chi connectivity index (χ2v) is 11.0. The molecule has 0 saturated carbocycles. The van der Waals surface area contributed by atoms with Gasteiger partial charge in [0.1, 0.15) is 0 Å². The summed E-state index contributed by atoms with van der Waals surface area (Å²) >= 11 is 1.91. The number of nitrogens with zero attached hydrogens (tertiary/aromatic N) is 5. The van der Waals surface area contributed by atoms with Crippen LogP contribution in [0.1, 0.15) is 46.0 Å². The number of benzene rings is 1. The number of anilines is 1. The molecule has 1 aromatic rings. The van der Waals surface area contributed by atoms with Gasteiger partial charge in [0, 0.05) is 53.8 Å². The van der Waals surface area contributed by atoms with Crippen LogP contribution in [0.5, 0.6) is 0 Å². The van der Waals surface area contributed by atoms with Crippen molar-refractivity contribution in [2.45, 2.75) is 50.8 Å². The van der Waals surface area contributed by atoms with Gasteiger partial charge < -0.3 is 19.6 Å². The van der Waals surface area contributed by atoms with E-state index in [1.807, 2.05) is 11.8 Å². The molecule has 0 fully saturated rings. The van der Waals surface area contributed by atoms with Crippen LogP contribution in [0.25, 0.3) is 0 Å². The van der Waals surface area contributed by atoms with Crippen LogP contribution in [0.3, 0.4) is 0 Å². The van der Waals surface area contributed by atoms with Crippen LogP contribution in [0.15, 0.2) is 50.8 Å². The molecule has 1 aliphatic heterocycles. The Hall–Kier alpha value is -1.76. The van der Waals surface area contributed by atoms with Crippen molar-refractivity contribution in [3.05, 3.63) is 41.0 Å². The zero-order valence-electron chi connectivity index (χ0n) is 22.3. The number of fused-ring (bicyclic) bond motifs is 2. The van der Waals surface area contributed by atoms with E-state index in [9.17, 15) is 0 Å². The molecule has 2 aliphatic rings. The zero-order valence-corrected chi connectivity index (χ0v) is 23.1. The highest BCUT2D eigenvalue weighted by molar-refractivity contribution is 8.04. The Bertz CT molecular complexity index is 867. The number of hydrogen-bond acceptors (Lipinski definition) is 6. The van der Waals surface area contributed by atoms with E-state index in [4.69, 9.17) is 4.99 Å². The summed E-state index contributed by atoms with van der Waals surface area (Å²) in [4.78, 5) is 17.3. The predicted octanol–water partition coefficient (Wildman–Crippen LogP) is 5.87. The Morgan fingerprint density at radius 3 is 2.06 bits per heavy atom. The van der Waals surface area contributed by atoms with Gasteiger partial charge in [0.25, 0.3) is 0 Å². The topological polar surface area (TPSA) is 25.3 Å². The van der Waals surface area contributed by atoms with Crippen LogP contribution in [0.2, 0.25) is 0 Å². The highest BCUT2D eigenvalue weighted by atomic mass is 32.2. The fraction of sp³-hybridized carbons (Fsp3) is 0.607. The second-order valence-electron chi connectivity index (χ2n) is 9.94. The molecule has 0 bridgehead atoms. The molecule has 0 spiro atoms. The first-order valence-corrected chi connectivity index (χ1v) is 13.8. The fourth-order valence-electron chi connectivity index (χ4n) is 4.56. The number of hydrogen-bond donors (Lipinski definition) is 0. The molecule has 0 amide bonds. The van der Waals surface area contributed by atoms with Crippen LogP contribution < -0.4 is 4.90 Å². The van der Waals surface area contributed by atoms with Crippen molar-refractivity contribution in [2.75, 3.05) is 72.4 Å². The van der Waals surface area contributed by atoms with Crippen LogP contribution in [-0.2, 0) is 0 Å². The van der Waals surface area contributed by atoms with Gasteiger partial charge in [-0.3, -0.25) is 4.99 Å². The summed E-state index contributed by atoms with van der Waals surface area (Å²) in [5, 5.41) is 0. The van der Waals surface area contributed by atoms with Gasteiger partial charge in [0.15, 0.2) is 0 Å². The van der Waals surface area contributed by atoms with Crippen molar-refractivity contribution in [3.8, 4) is 0 Å². The third-order valence-electron chi connectivity index (χ3n) is 6.27. The Balaban J connectivity index is 1.77. The van der Waals surface area contributed by atoms with Gasteiger partial charge in [-0.2, -0.15) is 0 Å². The number of allylic oxidation sites excluding steroid dienone is 3. The molecule has 3 rings (SSSR count). The van der Waals surface area contributed by atoms with Crippen molar-refractivity contribution >= 4 is 28.8 Å². The summed E-state index contributed by atoms with van der Waals surface area (Å²) in [6.07, 6.45) is 10.4. The van der Waals surface area contributed by atoms with Gasteiger partial charge in [0.2, 0.25) is 0 Å². The first-order valence-electron chi connectivity index (χ1n) is 13.0. The summed E-state index contributed by atoms with van der Waals surface area (Å²) in [6.45, 7) is 11.2. The maximum absolute atomic E-state index is 5.06. The summed E-state index contributed by atoms with van der Waals surface area (Å²) in [5.41, 5.74) is 5.04. The summed E-state index contributed by atoms with van der Waals surface area (Å²) < 4.78 is 0. The molecule has 34 heavy (non-hydrogen) atoms. The summed E-state index contributed by atoms with van der Waals surface area (Å²) in [7, 11) is 8.64. The predicted molar refractivity (Wildman–Crippen MR) is 151 cm³/mol. The van der Waals surface area contributed by atoms with Crippen molar-refractivity contribution < 1.29 is 0 Å². The molecule has 0 atom stereocenters. The monoisotopic (exact) mass is 483 g/mol. The molecule has 0 saturated heterocycles. The maximum Gasteiger partial charge on any atom is 0.0774 e. The number of aliphatic imine (C=N–C) groups is 1. The Labute approximate surface area is 212 Å². The van der Waals surface area contributed by atoms with Gasteiger partial charge in [-0.15, -0.1) is 0 Å². The molecule has 1 aliphatic carbocycles. The molecular formula is C28H45N5S. The lowest BCUT2D eigenvalue weighted by molar-refractivity contribution is 0.292. The molecule has 188 valence electrons. The minimum Gasteiger partial charge on any atom is -0.372 e. The SMILES string of the molecule is CCCN(CCC)c1ccc2c(c1)SC1=CC(N(CCCN(C)C)CCCN(C)C)=CCC1=N2. The largest absolute Gasteiger partial charge is 0.372 e. The average Bonchev–Trinajstić information content (AvgIpc) is 2.80. The zero-order chi connectivity index (χ0) is 24.5. The highest BCUT2D eigenvalue weighted by Crippen LogP contribution is 2.44. The van der Waals surface area contributed by atoms with Crippen LogP contribution in [0, 0.1) is 0 Å². The molecule has 5 nitrogen and oxygen atoms in total. The van der Waals surface area contributed by atoms with Crippen LogP contribution in [0.4, 0.5) is 11.4 Å². The maximum atomic E-state index is 5.06. The first-order chi connectivity index (χ1) is 16.4.